The van der Waals surface area contributed by atoms with Gasteiger partial charge in [0.25, 0.3) is 0 Å². The summed E-state index contributed by atoms with van der Waals surface area (Å²) in [5.41, 5.74) is 2.87. The molecule has 0 radical (unpaired) electrons. The summed E-state index contributed by atoms with van der Waals surface area (Å²) in [4.78, 5) is 36.3. The highest BCUT2D eigenvalue weighted by molar-refractivity contribution is 7.98. The van der Waals surface area contributed by atoms with Gasteiger partial charge in [0.1, 0.15) is 11.4 Å². The molecule has 43 heavy (non-hydrogen) atoms. The molecular formula is C29H36Cl2N8O2S2. The average molecular weight is 664 g/mol. The molecule has 230 valence electrons. The maximum atomic E-state index is 12.6. The molecule has 2 amide bonds. The van der Waals surface area contributed by atoms with E-state index in [4.69, 9.17) is 23.2 Å². The van der Waals surface area contributed by atoms with Crippen LogP contribution in [0, 0.1) is 5.92 Å². The van der Waals surface area contributed by atoms with Gasteiger partial charge >= 0.3 is 0 Å². The van der Waals surface area contributed by atoms with Crippen molar-refractivity contribution in [3.8, 4) is 11.4 Å². The van der Waals surface area contributed by atoms with E-state index in [1.807, 2.05) is 57.5 Å². The number of hydrogen-bond acceptors (Lipinski definition) is 8. The van der Waals surface area contributed by atoms with Crippen LogP contribution >= 0.6 is 46.7 Å². The first-order valence-corrected chi connectivity index (χ1v) is 17.2. The van der Waals surface area contributed by atoms with Crippen molar-refractivity contribution in [1.29, 1.82) is 0 Å². The Morgan fingerprint density at radius 3 is 1.79 bits per heavy atom. The number of nitrogens with zero attached hydrogens (tertiary/aromatic N) is 8. The van der Waals surface area contributed by atoms with Gasteiger partial charge in [-0.05, 0) is 50.6 Å². The maximum Gasteiger partial charge on any atom is 0.230 e. The fourth-order valence-corrected chi connectivity index (χ4v) is 5.62. The number of thioether (sulfide) groups is 2. The molecule has 0 spiro atoms. The molecule has 0 saturated carbocycles. The van der Waals surface area contributed by atoms with Crippen LogP contribution in [0.4, 0.5) is 11.4 Å². The summed E-state index contributed by atoms with van der Waals surface area (Å²) in [7, 11) is 0. The normalized spacial score (nSPS) is 11.4. The minimum Gasteiger partial charge on any atom is -0.308 e. The second-order valence-corrected chi connectivity index (χ2v) is 11.9. The van der Waals surface area contributed by atoms with Gasteiger partial charge in [-0.3, -0.25) is 19.6 Å². The summed E-state index contributed by atoms with van der Waals surface area (Å²) in [5, 5.41) is 9.17. The Kier molecular flexibility index (Phi) is 13.8. The van der Waals surface area contributed by atoms with Crippen LogP contribution in [0.3, 0.4) is 0 Å². The van der Waals surface area contributed by atoms with Crippen molar-refractivity contribution >= 4 is 69.9 Å². The molecule has 4 heterocycles. The van der Waals surface area contributed by atoms with E-state index in [1.54, 1.807) is 79.9 Å². The van der Waals surface area contributed by atoms with Gasteiger partial charge in [0.2, 0.25) is 11.8 Å². The minimum atomic E-state index is -0.0623. The van der Waals surface area contributed by atoms with E-state index < -0.39 is 0 Å². The predicted molar refractivity (Wildman–Crippen MR) is 179 cm³/mol. The summed E-state index contributed by atoms with van der Waals surface area (Å²) in [5.74, 6) is 1.63. The van der Waals surface area contributed by atoms with Crippen molar-refractivity contribution in [1.82, 2.24) is 29.5 Å². The third-order valence-corrected chi connectivity index (χ3v) is 8.25. The zero-order valence-corrected chi connectivity index (χ0v) is 28.0. The zero-order chi connectivity index (χ0) is 31.4. The van der Waals surface area contributed by atoms with Gasteiger partial charge < -0.3 is 9.80 Å². The molecule has 0 N–H and O–H groups in total. The highest BCUT2D eigenvalue weighted by atomic mass is 35.5. The lowest BCUT2D eigenvalue weighted by Crippen LogP contribution is -2.36. The second-order valence-electron chi connectivity index (χ2n) is 9.24. The third-order valence-electron chi connectivity index (χ3n) is 6.26. The van der Waals surface area contributed by atoms with Crippen LogP contribution in [0.2, 0.25) is 10.3 Å². The van der Waals surface area contributed by atoms with Crippen LogP contribution < -0.4 is 9.80 Å². The molecule has 4 aromatic rings. The van der Waals surface area contributed by atoms with Crippen LogP contribution in [0.15, 0.2) is 61.4 Å². The molecule has 0 aliphatic rings. The van der Waals surface area contributed by atoms with E-state index in [2.05, 4.69) is 20.2 Å². The van der Waals surface area contributed by atoms with Crippen LogP contribution in [-0.2, 0) is 9.59 Å². The molecule has 0 aromatic carbocycles. The lowest BCUT2D eigenvalue weighted by atomic mass is 10.2. The van der Waals surface area contributed by atoms with Crippen LogP contribution in [0.25, 0.3) is 11.4 Å². The molecule has 10 nitrogen and oxygen atoms in total. The molecule has 4 rings (SSSR count). The Hall–Kier alpha value is -3.06. The lowest BCUT2D eigenvalue weighted by Gasteiger charge is -2.23. The van der Waals surface area contributed by atoms with Crippen LogP contribution in [0.1, 0.15) is 27.2 Å². The van der Waals surface area contributed by atoms with E-state index >= 15 is 0 Å². The number of pyridine rings is 2. The topological polar surface area (TPSA) is 102 Å². The lowest BCUT2D eigenvalue weighted by molar-refractivity contribution is -0.121. The summed E-state index contributed by atoms with van der Waals surface area (Å²) in [6, 6.07) is 7.42. The molecule has 0 aliphatic heterocycles. The third kappa shape index (κ3) is 9.21. The first kappa shape index (κ1) is 34.4. The van der Waals surface area contributed by atoms with Gasteiger partial charge in [-0.25, -0.2) is 9.36 Å². The van der Waals surface area contributed by atoms with Gasteiger partial charge in [-0.15, -0.1) is 0 Å². The van der Waals surface area contributed by atoms with Gasteiger partial charge in [0, 0.05) is 49.3 Å². The summed E-state index contributed by atoms with van der Waals surface area (Å²) >= 11 is 15.7. The number of carbonyl (C=O) groups excluding carboxylic acids is 2. The maximum absolute atomic E-state index is 12.6. The quantitative estimate of drug-likeness (QED) is 0.174. The van der Waals surface area contributed by atoms with Crippen LogP contribution in [0.5, 0.6) is 0 Å². The van der Waals surface area contributed by atoms with Crippen LogP contribution in [-0.4, -0.2) is 78.5 Å². The predicted octanol–water partition coefficient (Wildman–Crippen LogP) is 6.30. The van der Waals surface area contributed by atoms with E-state index in [0.29, 0.717) is 41.2 Å². The molecular weight excluding hydrogens is 627 g/mol. The Bertz CT molecular complexity index is 1450. The first-order chi connectivity index (χ1) is 20.7. The fraction of sp³-hybridized carbons (Fsp3) is 0.379. The SMILES string of the molecule is CCN(C(=O)C(C)CSC)c1cn(-c2cccnc2)nc1Cl.CCN(C(=O)CCSC)c1cn(-c2cccnc2)nc1Cl. The van der Waals surface area contributed by atoms with Crippen molar-refractivity contribution < 1.29 is 9.59 Å². The number of rotatable bonds is 12. The number of halogens is 2. The molecule has 0 bridgehead atoms. The van der Waals surface area contributed by atoms with Gasteiger partial charge in [0.05, 0.1) is 36.2 Å². The van der Waals surface area contributed by atoms with E-state index in [0.717, 1.165) is 22.9 Å². The van der Waals surface area contributed by atoms with Crippen molar-refractivity contribution in [3.63, 3.8) is 0 Å². The average Bonchev–Trinajstić information content (AvgIpc) is 3.60. The number of hydrogen-bond donors (Lipinski definition) is 0. The number of anilines is 2. The van der Waals surface area contributed by atoms with Crippen molar-refractivity contribution in [2.24, 2.45) is 5.92 Å². The number of amides is 2. The largest absolute Gasteiger partial charge is 0.308 e. The Balaban J connectivity index is 0.000000236. The molecule has 0 fully saturated rings. The Morgan fingerprint density at radius 1 is 0.860 bits per heavy atom. The number of carbonyl (C=O) groups is 2. The van der Waals surface area contributed by atoms with Crippen molar-refractivity contribution in [2.75, 3.05) is 46.9 Å². The molecule has 0 saturated heterocycles. The molecule has 14 heteroatoms. The standard InChI is InChI=1S/C15H19ClN4OS.C14H17ClN4OS/c1-4-19(15(21)11(2)10-22-3)13-9-20(18-14(13)16)12-6-5-7-17-8-12;1-3-18(13(20)6-8-21-2)12-10-19(17-14(12)15)11-5-4-7-16-9-11/h5-9,11H,4,10H2,1-3H3;4-5,7,9-10H,3,6,8H2,1-2H3. The monoisotopic (exact) mass is 662 g/mol. The van der Waals surface area contributed by atoms with E-state index in [-0.39, 0.29) is 17.7 Å². The van der Waals surface area contributed by atoms with Gasteiger partial charge in [-0.2, -0.15) is 33.7 Å². The zero-order valence-electron chi connectivity index (χ0n) is 24.9. The van der Waals surface area contributed by atoms with Crippen molar-refractivity contribution in [3.05, 3.63) is 71.8 Å². The molecule has 4 aromatic heterocycles. The van der Waals surface area contributed by atoms with E-state index in [1.165, 1.54) is 0 Å². The molecule has 0 aliphatic carbocycles. The first-order valence-electron chi connectivity index (χ1n) is 13.7. The Labute approximate surface area is 271 Å². The van der Waals surface area contributed by atoms with Crippen molar-refractivity contribution in [2.45, 2.75) is 27.2 Å². The fourth-order valence-electron chi connectivity index (χ4n) is 4.13. The minimum absolute atomic E-state index is 0.0551. The second kappa shape index (κ2) is 17.3. The molecule has 1 unspecified atom stereocenters. The Morgan fingerprint density at radius 2 is 1.37 bits per heavy atom. The summed E-state index contributed by atoms with van der Waals surface area (Å²) < 4.78 is 3.27. The summed E-state index contributed by atoms with van der Waals surface area (Å²) in [6.45, 7) is 6.90. The smallest absolute Gasteiger partial charge is 0.230 e. The highest BCUT2D eigenvalue weighted by Gasteiger charge is 2.24. The highest BCUT2D eigenvalue weighted by Crippen LogP contribution is 2.28. The molecule has 1 atom stereocenters. The van der Waals surface area contributed by atoms with E-state index in [9.17, 15) is 9.59 Å². The summed E-state index contributed by atoms with van der Waals surface area (Å²) in [6.07, 6.45) is 14.8. The van der Waals surface area contributed by atoms with Gasteiger partial charge in [0.15, 0.2) is 10.3 Å². The van der Waals surface area contributed by atoms with Gasteiger partial charge in [-0.1, -0.05) is 30.1 Å². The number of aromatic nitrogens is 6.